The lowest BCUT2D eigenvalue weighted by Gasteiger charge is -2.29. The molecule has 104 valence electrons. The zero-order chi connectivity index (χ0) is 13.7. The van der Waals surface area contributed by atoms with Gasteiger partial charge in [-0.2, -0.15) is 0 Å². The van der Waals surface area contributed by atoms with Gasteiger partial charge in [-0.05, 0) is 50.7 Å². The number of hydrogen-bond acceptors (Lipinski definition) is 3. The lowest BCUT2D eigenvalue weighted by atomic mass is 10.1. The molecule has 0 bridgehead atoms. The van der Waals surface area contributed by atoms with Gasteiger partial charge in [-0.3, -0.25) is 0 Å². The molecular formula is C14H22N4O. The van der Waals surface area contributed by atoms with Crippen molar-refractivity contribution in [1.82, 2.24) is 10.2 Å². The molecule has 1 heterocycles. The molecule has 1 aliphatic heterocycles. The number of nitrogens with two attached hydrogens (primary N) is 1. The predicted octanol–water partition coefficient (Wildman–Crippen LogP) is 1.36. The standard InChI is InChI=1S/C14H22N4O/c1-18-8-6-13(7-9-18)17-14(19)16-12-4-2-11(10-15)3-5-12/h2-5,13H,6-10,15H2,1H3,(H2,16,17,19). The van der Waals surface area contributed by atoms with Crippen LogP contribution in [0.2, 0.25) is 0 Å². The summed E-state index contributed by atoms with van der Waals surface area (Å²) in [5, 5.41) is 5.86. The topological polar surface area (TPSA) is 70.4 Å². The molecule has 1 fully saturated rings. The van der Waals surface area contributed by atoms with Crippen LogP contribution < -0.4 is 16.4 Å². The second-order valence-electron chi connectivity index (χ2n) is 5.08. The number of amides is 2. The van der Waals surface area contributed by atoms with E-state index in [1.165, 1.54) is 0 Å². The highest BCUT2D eigenvalue weighted by atomic mass is 16.2. The molecule has 0 radical (unpaired) electrons. The van der Waals surface area contributed by atoms with Crippen molar-refractivity contribution in [1.29, 1.82) is 0 Å². The molecule has 1 saturated heterocycles. The number of nitrogens with zero attached hydrogens (tertiary/aromatic N) is 1. The quantitative estimate of drug-likeness (QED) is 0.770. The molecule has 5 heteroatoms. The first-order chi connectivity index (χ1) is 9.17. The second-order valence-corrected chi connectivity index (χ2v) is 5.08. The Kier molecular flexibility index (Phi) is 4.76. The smallest absolute Gasteiger partial charge is 0.319 e. The summed E-state index contributed by atoms with van der Waals surface area (Å²) in [6.07, 6.45) is 2.02. The largest absolute Gasteiger partial charge is 0.335 e. The summed E-state index contributed by atoms with van der Waals surface area (Å²) < 4.78 is 0. The van der Waals surface area contributed by atoms with Crippen molar-refractivity contribution in [2.24, 2.45) is 5.73 Å². The van der Waals surface area contributed by atoms with Crippen LogP contribution in [0.25, 0.3) is 0 Å². The third-order valence-electron chi connectivity index (χ3n) is 3.50. The number of benzene rings is 1. The van der Waals surface area contributed by atoms with Crippen molar-refractivity contribution >= 4 is 11.7 Å². The van der Waals surface area contributed by atoms with Crippen LogP contribution in [0.3, 0.4) is 0 Å². The average Bonchev–Trinajstić information content (AvgIpc) is 2.42. The van der Waals surface area contributed by atoms with Gasteiger partial charge >= 0.3 is 6.03 Å². The Labute approximate surface area is 114 Å². The first-order valence-electron chi connectivity index (χ1n) is 6.72. The van der Waals surface area contributed by atoms with E-state index in [0.29, 0.717) is 6.54 Å². The second kappa shape index (κ2) is 6.54. The first-order valence-corrected chi connectivity index (χ1v) is 6.72. The number of carbonyl (C=O) groups is 1. The van der Waals surface area contributed by atoms with Gasteiger partial charge in [-0.15, -0.1) is 0 Å². The SMILES string of the molecule is CN1CCC(NC(=O)Nc2ccc(CN)cc2)CC1. The van der Waals surface area contributed by atoms with Gasteiger partial charge in [0.2, 0.25) is 0 Å². The molecule has 2 rings (SSSR count). The molecular weight excluding hydrogens is 240 g/mol. The van der Waals surface area contributed by atoms with Gasteiger partial charge in [0.1, 0.15) is 0 Å². The number of urea groups is 1. The van der Waals surface area contributed by atoms with E-state index in [4.69, 9.17) is 5.73 Å². The van der Waals surface area contributed by atoms with Crippen LogP contribution in [-0.2, 0) is 6.54 Å². The van der Waals surface area contributed by atoms with Crippen molar-refractivity contribution in [3.05, 3.63) is 29.8 Å². The lowest BCUT2D eigenvalue weighted by Crippen LogP contribution is -2.44. The Hall–Kier alpha value is -1.59. The summed E-state index contributed by atoms with van der Waals surface area (Å²) in [5.41, 5.74) is 7.38. The third kappa shape index (κ3) is 4.22. The molecule has 0 aromatic heterocycles. The molecule has 1 aromatic carbocycles. The van der Waals surface area contributed by atoms with Crippen LogP contribution in [0.5, 0.6) is 0 Å². The highest BCUT2D eigenvalue weighted by Crippen LogP contribution is 2.11. The highest BCUT2D eigenvalue weighted by molar-refractivity contribution is 5.89. The molecule has 0 spiro atoms. The zero-order valence-electron chi connectivity index (χ0n) is 11.4. The number of rotatable bonds is 3. The molecule has 0 unspecified atom stereocenters. The Balaban J connectivity index is 1.80. The fraction of sp³-hybridized carbons (Fsp3) is 0.500. The maximum atomic E-state index is 11.9. The van der Waals surface area contributed by atoms with Crippen LogP contribution in [0.15, 0.2) is 24.3 Å². The summed E-state index contributed by atoms with van der Waals surface area (Å²) in [6, 6.07) is 7.73. The number of hydrogen-bond donors (Lipinski definition) is 3. The highest BCUT2D eigenvalue weighted by Gasteiger charge is 2.18. The van der Waals surface area contributed by atoms with Gasteiger partial charge in [-0.1, -0.05) is 12.1 Å². The number of piperidine rings is 1. The van der Waals surface area contributed by atoms with Gasteiger partial charge in [0, 0.05) is 18.3 Å². The minimum Gasteiger partial charge on any atom is -0.335 e. The van der Waals surface area contributed by atoms with E-state index in [1.807, 2.05) is 24.3 Å². The fourth-order valence-electron chi connectivity index (χ4n) is 2.23. The van der Waals surface area contributed by atoms with Crippen molar-refractivity contribution in [3.8, 4) is 0 Å². The van der Waals surface area contributed by atoms with Gasteiger partial charge in [0.15, 0.2) is 0 Å². The average molecular weight is 262 g/mol. The van der Waals surface area contributed by atoms with E-state index < -0.39 is 0 Å². The van der Waals surface area contributed by atoms with Gasteiger partial charge in [0.05, 0.1) is 0 Å². The summed E-state index contributed by atoms with van der Waals surface area (Å²) >= 11 is 0. The number of nitrogens with one attached hydrogen (secondary N) is 2. The van der Waals surface area contributed by atoms with Crippen molar-refractivity contribution in [2.75, 3.05) is 25.5 Å². The molecule has 1 aliphatic rings. The number of anilines is 1. The third-order valence-corrected chi connectivity index (χ3v) is 3.50. The number of likely N-dealkylation sites (tertiary alicyclic amines) is 1. The van der Waals surface area contributed by atoms with E-state index in [2.05, 4.69) is 22.6 Å². The minimum absolute atomic E-state index is 0.130. The van der Waals surface area contributed by atoms with E-state index in [1.54, 1.807) is 0 Å². The summed E-state index contributed by atoms with van der Waals surface area (Å²) in [5.74, 6) is 0. The van der Waals surface area contributed by atoms with Crippen molar-refractivity contribution < 1.29 is 4.79 Å². The maximum absolute atomic E-state index is 11.9. The van der Waals surface area contributed by atoms with E-state index in [-0.39, 0.29) is 12.1 Å². The van der Waals surface area contributed by atoms with E-state index in [0.717, 1.165) is 37.2 Å². The fourth-order valence-corrected chi connectivity index (χ4v) is 2.23. The predicted molar refractivity (Wildman–Crippen MR) is 77.0 cm³/mol. The molecule has 1 aromatic rings. The van der Waals surface area contributed by atoms with Crippen LogP contribution in [0.1, 0.15) is 18.4 Å². The van der Waals surface area contributed by atoms with Gasteiger partial charge in [0.25, 0.3) is 0 Å². The molecule has 0 saturated carbocycles. The summed E-state index contributed by atoms with van der Waals surface area (Å²) in [7, 11) is 2.11. The Morgan fingerprint density at radius 3 is 2.53 bits per heavy atom. The normalized spacial score (nSPS) is 17.2. The van der Waals surface area contributed by atoms with Gasteiger partial charge < -0.3 is 21.3 Å². The molecule has 0 aliphatic carbocycles. The van der Waals surface area contributed by atoms with E-state index >= 15 is 0 Å². The summed E-state index contributed by atoms with van der Waals surface area (Å²) in [6.45, 7) is 2.59. The van der Waals surface area contributed by atoms with Crippen LogP contribution in [0.4, 0.5) is 10.5 Å². The van der Waals surface area contributed by atoms with Crippen molar-refractivity contribution in [2.45, 2.75) is 25.4 Å². The lowest BCUT2D eigenvalue weighted by molar-refractivity contribution is 0.221. The van der Waals surface area contributed by atoms with Crippen LogP contribution >= 0.6 is 0 Å². The molecule has 19 heavy (non-hydrogen) atoms. The Bertz CT molecular complexity index is 410. The Morgan fingerprint density at radius 2 is 1.95 bits per heavy atom. The first kappa shape index (κ1) is 13.8. The summed E-state index contributed by atoms with van der Waals surface area (Å²) in [4.78, 5) is 14.1. The number of carbonyl (C=O) groups excluding carboxylic acids is 1. The van der Waals surface area contributed by atoms with Crippen molar-refractivity contribution in [3.63, 3.8) is 0 Å². The van der Waals surface area contributed by atoms with Gasteiger partial charge in [-0.25, -0.2) is 4.79 Å². The molecule has 2 amide bonds. The molecule has 5 nitrogen and oxygen atoms in total. The van der Waals surface area contributed by atoms with Crippen LogP contribution in [0, 0.1) is 0 Å². The monoisotopic (exact) mass is 262 g/mol. The minimum atomic E-state index is -0.130. The Morgan fingerprint density at radius 1 is 1.32 bits per heavy atom. The molecule has 4 N–H and O–H groups in total. The van der Waals surface area contributed by atoms with Crippen LogP contribution in [-0.4, -0.2) is 37.1 Å². The molecule has 0 atom stereocenters. The van der Waals surface area contributed by atoms with E-state index in [9.17, 15) is 4.79 Å². The zero-order valence-corrected chi connectivity index (χ0v) is 11.4. The maximum Gasteiger partial charge on any atom is 0.319 e.